The van der Waals surface area contributed by atoms with Crippen molar-refractivity contribution in [2.24, 2.45) is 5.92 Å². The van der Waals surface area contributed by atoms with Gasteiger partial charge in [-0.15, -0.1) is 0 Å². The number of aliphatic hydroxyl groups is 1. The highest BCUT2D eigenvalue weighted by Crippen LogP contribution is 2.63. The highest BCUT2D eigenvalue weighted by molar-refractivity contribution is 5.81. The van der Waals surface area contributed by atoms with Crippen LogP contribution in [0.15, 0.2) is 48.7 Å². The van der Waals surface area contributed by atoms with Crippen molar-refractivity contribution in [3.05, 3.63) is 65.5 Å². The maximum Gasteiger partial charge on any atom is 0.165 e. The second kappa shape index (κ2) is 7.92. The van der Waals surface area contributed by atoms with Gasteiger partial charge in [-0.1, -0.05) is 30.3 Å². The van der Waals surface area contributed by atoms with Gasteiger partial charge in [0, 0.05) is 61.5 Å². The predicted octanol–water partition coefficient (Wildman–Crippen LogP) is 3.66. The summed E-state index contributed by atoms with van der Waals surface area (Å²) in [5, 5.41) is 26.0. The minimum atomic E-state index is -0.854. The van der Waals surface area contributed by atoms with E-state index in [1.165, 1.54) is 29.2 Å². The van der Waals surface area contributed by atoms with Gasteiger partial charge in [0.2, 0.25) is 0 Å². The lowest BCUT2D eigenvalue weighted by Gasteiger charge is -2.60. The summed E-state index contributed by atoms with van der Waals surface area (Å²) in [6.45, 7) is 4.59. The van der Waals surface area contributed by atoms with Crippen LogP contribution in [0.4, 0.5) is 0 Å². The molecule has 5 aliphatic rings. The van der Waals surface area contributed by atoms with Gasteiger partial charge in [-0.05, 0) is 67.6 Å². The smallest absolute Gasteiger partial charge is 0.165 e. The first-order valence-corrected chi connectivity index (χ1v) is 14.1. The molecule has 2 N–H and O–H groups in total. The summed E-state index contributed by atoms with van der Waals surface area (Å²) in [5.41, 5.74) is 2.17. The molecule has 1 spiro atoms. The quantitative estimate of drug-likeness (QED) is 0.561. The number of likely N-dealkylation sites (tertiary alicyclic amines) is 2. The van der Waals surface area contributed by atoms with E-state index >= 15 is 0 Å². The molecule has 37 heavy (non-hydrogen) atoms. The SMILES string of the molecule is Oc1ccc2c3c1O[C@H]1CN(CCc4cc5ccccc5cn4)CC[C@@]4(O)[C@@H](C2)N(CC2CC2)CC[C@]314. The van der Waals surface area contributed by atoms with E-state index in [4.69, 9.17) is 9.72 Å². The number of aromatic hydroxyl groups is 1. The van der Waals surface area contributed by atoms with E-state index in [2.05, 4.69) is 46.2 Å². The minimum Gasteiger partial charge on any atom is -0.504 e. The van der Waals surface area contributed by atoms with Crippen molar-refractivity contribution in [2.45, 2.75) is 61.7 Å². The Morgan fingerprint density at radius 3 is 2.78 bits per heavy atom. The molecule has 1 aromatic heterocycles. The highest BCUT2D eigenvalue weighted by Gasteiger charge is 2.70. The normalized spacial score (nSPS) is 32.7. The Bertz CT molecular complexity index is 1390. The Kier molecular flexibility index (Phi) is 4.78. The van der Waals surface area contributed by atoms with Gasteiger partial charge in [-0.25, -0.2) is 0 Å². The Morgan fingerprint density at radius 1 is 1.05 bits per heavy atom. The molecule has 4 atom stereocenters. The van der Waals surface area contributed by atoms with Gasteiger partial charge < -0.3 is 14.9 Å². The number of nitrogens with zero attached hydrogens (tertiary/aromatic N) is 3. The topological polar surface area (TPSA) is 69.1 Å². The van der Waals surface area contributed by atoms with E-state index in [9.17, 15) is 10.2 Å². The molecule has 4 heterocycles. The maximum absolute atomic E-state index is 12.8. The summed E-state index contributed by atoms with van der Waals surface area (Å²) in [6.07, 6.45) is 7.79. The first kappa shape index (κ1) is 22.3. The van der Waals surface area contributed by atoms with E-state index in [1.807, 2.05) is 6.20 Å². The molecule has 3 aromatic rings. The van der Waals surface area contributed by atoms with Gasteiger partial charge >= 0.3 is 0 Å². The highest BCUT2D eigenvalue weighted by atomic mass is 16.5. The molecule has 3 aliphatic heterocycles. The van der Waals surface area contributed by atoms with Crippen LogP contribution in [0, 0.1) is 5.92 Å². The van der Waals surface area contributed by atoms with Crippen LogP contribution in [0.2, 0.25) is 0 Å². The van der Waals surface area contributed by atoms with Crippen LogP contribution in [0.25, 0.3) is 10.8 Å². The van der Waals surface area contributed by atoms with E-state index in [0.717, 1.165) is 75.6 Å². The zero-order chi connectivity index (χ0) is 24.8. The fraction of sp³-hybridized carbons (Fsp3) is 0.516. The maximum atomic E-state index is 12.8. The Hall–Kier alpha value is -2.67. The number of hydrogen-bond acceptors (Lipinski definition) is 6. The molecule has 192 valence electrons. The molecule has 2 aromatic carbocycles. The second-order valence-corrected chi connectivity index (χ2v) is 12.2. The van der Waals surface area contributed by atoms with E-state index in [1.54, 1.807) is 6.07 Å². The summed E-state index contributed by atoms with van der Waals surface area (Å²) in [6, 6.07) is 14.6. The Morgan fingerprint density at radius 2 is 1.92 bits per heavy atom. The molecule has 0 amide bonds. The van der Waals surface area contributed by atoms with Crippen molar-refractivity contribution < 1.29 is 14.9 Å². The third-order valence-electron chi connectivity index (χ3n) is 10.2. The van der Waals surface area contributed by atoms with E-state index < -0.39 is 11.0 Å². The minimum absolute atomic E-state index is 0.109. The first-order valence-electron chi connectivity index (χ1n) is 14.1. The molecule has 3 fully saturated rings. The van der Waals surface area contributed by atoms with Gasteiger partial charge in [0.25, 0.3) is 0 Å². The lowest BCUT2D eigenvalue weighted by molar-refractivity contribution is -0.162. The molecule has 1 saturated carbocycles. The summed E-state index contributed by atoms with van der Waals surface area (Å²) < 4.78 is 6.64. The number of piperidine rings is 1. The predicted molar refractivity (Wildman–Crippen MR) is 142 cm³/mol. The van der Waals surface area contributed by atoms with Crippen molar-refractivity contribution in [1.29, 1.82) is 0 Å². The van der Waals surface area contributed by atoms with Crippen LogP contribution in [-0.2, 0) is 18.3 Å². The number of rotatable bonds is 5. The fourth-order valence-electron chi connectivity index (χ4n) is 8.20. The van der Waals surface area contributed by atoms with Crippen LogP contribution < -0.4 is 4.74 Å². The first-order chi connectivity index (χ1) is 18.0. The van der Waals surface area contributed by atoms with Crippen LogP contribution in [0.1, 0.15) is 42.5 Å². The average Bonchev–Trinajstić information content (AvgIpc) is 3.68. The third kappa shape index (κ3) is 3.19. The van der Waals surface area contributed by atoms with Crippen molar-refractivity contribution in [2.75, 3.05) is 32.7 Å². The van der Waals surface area contributed by atoms with Crippen LogP contribution in [-0.4, -0.2) is 75.5 Å². The molecule has 8 rings (SSSR count). The molecule has 0 unspecified atom stereocenters. The molecule has 6 nitrogen and oxygen atoms in total. The number of phenolic OH excluding ortho intramolecular Hbond substituents is 1. The monoisotopic (exact) mass is 497 g/mol. The molecule has 2 bridgehead atoms. The van der Waals surface area contributed by atoms with Gasteiger partial charge in [-0.2, -0.15) is 0 Å². The zero-order valence-electron chi connectivity index (χ0n) is 21.3. The Balaban J connectivity index is 1.13. The van der Waals surface area contributed by atoms with Crippen molar-refractivity contribution in [3.63, 3.8) is 0 Å². The largest absolute Gasteiger partial charge is 0.504 e. The second-order valence-electron chi connectivity index (χ2n) is 12.2. The number of fused-ring (bicyclic) bond motifs is 1. The molecule has 0 radical (unpaired) electrons. The third-order valence-corrected chi connectivity index (χ3v) is 10.2. The summed E-state index contributed by atoms with van der Waals surface area (Å²) in [7, 11) is 0. The average molecular weight is 498 g/mol. The standard InChI is InChI=1S/C31H35N3O3/c35-25-8-7-22-16-26-31(36)11-13-33(12-9-24-15-21-3-1-2-4-23(21)17-32-24)19-27-30(31,28(22)29(25)37-27)10-14-34(26)18-20-5-6-20/h1-4,7-8,15,17,20,26-27,35-36H,5-6,9-14,16,18-19H2/t26-,27+,30-,31-/m1/s1. The van der Waals surface area contributed by atoms with Crippen molar-refractivity contribution in [3.8, 4) is 11.5 Å². The van der Waals surface area contributed by atoms with Crippen molar-refractivity contribution >= 4 is 10.8 Å². The number of ether oxygens (including phenoxy) is 1. The molecular weight excluding hydrogens is 462 g/mol. The summed E-state index contributed by atoms with van der Waals surface area (Å²) >= 11 is 0. The molecule has 6 heteroatoms. The molecule has 2 aliphatic carbocycles. The van der Waals surface area contributed by atoms with E-state index in [0.29, 0.717) is 5.75 Å². The number of pyridine rings is 1. The number of hydrogen-bond donors (Lipinski definition) is 2. The number of phenols is 1. The fourth-order valence-corrected chi connectivity index (χ4v) is 8.20. The van der Waals surface area contributed by atoms with E-state index in [-0.39, 0.29) is 17.9 Å². The zero-order valence-corrected chi connectivity index (χ0v) is 21.3. The lowest BCUT2D eigenvalue weighted by atomic mass is 9.52. The molecule has 2 saturated heterocycles. The Labute approximate surface area is 217 Å². The van der Waals surface area contributed by atoms with Crippen LogP contribution in [0.3, 0.4) is 0 Å². The van der Waals surface area contributed by atoms with Gasteiger partial charge in [0.05, 0.1) is 11.0 Å². The number of aromatic nitrogens is 1. The van der Waals surface area contributed by atoms with Crippen molar-refractivity contribution in [1.82, 2.24) is 14.8 Å². The lowest BCUT2D eigenvalue weighted by Crippen LogP contribution is -2.74. The van der Waals surface area contributed by atoms with Gasteiger partial charge in [-0.3, -0.25) is 14.8 Å². The summed E-state index contributed by atoms with van der Waals surface area (Å²) in [5.74, 6) is 1.64. The molecular formula is C31H35N3O3. The number of benzene rings is 2. The van der Waals surface area contributed by atoms with Crippen LogP contribution in [0.5, 0.6) is 11.5 Å². The summed E-state index contributed by atoms with van der Waals surface area (Å²) in [4.78, 5) is 9.79. The van der Waals surface area contributed by atoms with Crippen LogP contribution >= 0.6 is 0 Å². The van der Waals surface area contributed by atoms with Gasteiger partial charge in [0.15, 0.2) is 11.5 Å². The van der Waals surface area contributed by atoms with Gasteiger partial charge in [0.1, 0.15) is 6.10 Å².